The molecule has 1 aliphatic carbocycles. The van der Waals surface area contributed by atoms with Crippen LogP contribution in [0.1, 0.15) is 50.9 Å². The Morgan fingerprint density at radius 1 is 1.41 bits per heavy atom. The van der Waals surface area contributed by atoms with E-state index in [9.17, 15) is 4.79 Å². The van der Waals surface area contributed by atoms with Crippen LogP contribution in [0.15, 0.2) is 18.3 Å². The van der Waals surface area contributed by atoms with E-state index >= 15 is 0 Å². The number of nitrogens with two attached hydrogens (primary N) is 1. The van der Waals surface area contributed by atoms with E-state index in [0.717, 1.165) is 25.0 Å². The van der Waals surface area contributed by atoms with Gasteiger partial charge in [0.2, 0.25) is 0 Å². The molecule has 5 heteroatoms. The Labute approximate surface area is 131 Å². The van der Waals surface area contributed by atoms with E-state index in [1.807, 2.05) is 33.0 Å². The lowest BCUT2D eigenvalue weighted by atomic mass is 9.73. The quantitative estimate of drug-likeness (QED) is 0.800. The first kappa shape index (κ1) is 15.3. The van der Waals surface area contributed by atoms with Crippen LogP contribution < -0.4 is 5.73 Å². The van der Waals surface area contributed by atoms with E-state index in [1.165, 1.54) is 5.56 Å². The number of likely N-dealkylation sites (tertiary alicyclic amines) is 1. The van der Waals surface area contributed by atoms with E-state index in [2.05, 4.69) is 11.1 Å². The number of ether oxygens (including phenoxy) is 1. The Bertz CT molecular complexity index is 572. The van der Waals surface area contributed by atoms with Crippen molar-refractivity contribution in [3.63, 3.8) is 0 Å². The Kier molecular flexibility index (Phi) is 3.63. The standard InChI is InChI=1S/C17H25N3O2/c1-16(2,3)22-15(21)20-9-6-17(7-10-20)11-13-12(14(17)18)5-4-8-19-13/h4-5,8,14H,6-7,9-11,18H2,1-3H3/t14-/m0/s1. The number of pyridine rings is 1. The molecule has 1 amide bonds. The van der Waals surface area contributed by atoms with Gasteiger partial charge < -0.3 is 15.4 Å². The molecule has 2 heterocycles. The number of carbonyl (C=O) groups excluding carboxylic acids is 1. The molecule has 22 heavy (non-hydrogen) atoms. The number of fused-ring (bicyclic) bond motifs is 1. The minimum atomic E-state index is -0.448. The van der Waals surface area contributed by atoms with Crippen molar-refractivity contribution >= 4 is 6.09 Å². The Balaban J connectivity index is 1.67. The zero-order chi connectivity index (χ0) is 16.0. The van der Waals surface area contributed by atoms with Crippen molar-refractivity contribution in [1.82, 2.24) is 9.88 Å². The molecule has 1 saturated heterocycles. The molecule has 3 rings (SSSR count). The van der Waals surface area contributed by atoms with Gasteiger partial charge in [0.05, 0.1) is 0 Å². The highest BCUT2D eigenvalue weighted by molar-refractivity contribution is 5.68. The molecule has 1 atom stereocenters. The molecule has 0 bridgehead atoms. The van der Waals surface area contributed by atoms with Crippen molar-refractivity contribution in [3.05, 3.63) is 29.6 Å². The lowest BCUT2D eigenvalue weighted by Crippen LogP contribution is -2.47. The highest BCUT2D eigenvalue weighted by Gasteiger charge is 2.47. The molecule has 0 saturated carbocycles. The molecule has 1 aromatic rings. The van der Waals surface area contributed by atoms with Crippen molar-refractivity contribution in [1.29, 1.82) is 0 Å². The van der Waals surface area contributed by atoms with Crippen LogP contribution in [0.4, 0.5) is 4.79 Å². The number of hydrogen-bond donors (Lipinski definition) is 1. The normalized spacial score (nSPS) is 23.5. The van der Waals surface area contributed by atoms with Crippen LogP contribution >= 0.6 is 0 Å². The fourth-order valence-electron chi connectivity index (χ4n) is 3.60. The Morgan fingerprint density at radius 2 is 2.09 bits per heavy atom. The minimum Gasteiger partial charge on any atom is -0.444 e. The van der Waals surface area contributed by atoms with Crippen molar-refractivity contribution in [2.75, 3.05) is 13.1 Å². The van der Waals surface area contributed by atoms with E-state index in [0.29, 0.717) is 13.1 Å². The van der Waals surface area contributed by atoms with Gasteiger partial charge in [-0.15, -0.1) is 0 Å². The van der Waals surface area contributed by atoms with Gasteiger partial charge in [-0.05, 0) is 57.1 Å². The first-order chi connectivity index (χ1) is 10.3. The molecule has 120 valence electrons. The second kappa shape index (κ2) is 5.23. The predicted molar refractivity (Wildman–Crippen MR) is 84.3 cm³/mol. The van der Waals surface area contributed by atoms with Gasteiger partial charge in [0, 0.05) is 31.0 Å². The van der Waals surface area contributed by atoms with Gasteiger partial charge in [-0.25, -0.2) is 4.79 Å². The molecule has 1 fully saturated rings. The van der Waals surface area contributed by atoms with E-state index < -0.39 is 5.60 Å². The molecule has 2 aliphatic rings. The summed E-state index contributed by atoms with van der Waals surface area (Å²) in [5.74, 6) is 0. The summed E-state index contributed by atoms with van der Waals surface area (Å²) in [4.78, 5) is 18.5. The van der Waals surface area contributed by atoms with Crippen molar-refractivity contribution < 1.29 is 9.53 Å². The molecule has 0 radical (unpaired) electrons. The minimum absolute atomic E-state index is 0.0250. The maximum atomic E-state index is 12.2. The average Bonchev–Trinajstić information content (AvgIpc) is 2.71. The number of carbonyl (C=O) groups is 1. The SMILES string of the molecule is CC(C)(C)OC(=O)N1CCC2(CC1)Cc1ncccc1[C@@H]2N. The molecular formula is C17H25N3O2. The molecule has 2 N–H and O–H groups in total. The van der Waals surface area contributed by atoms with Crippen LogP contribution in [-0.4, -0.2) is 34.7 Å². The summed E-state index contributed by atoms with van der Waals surface area (Å²) >= 11 is 0. The van der Waals surface area contributed by atoms with Crippen molar-refractivity contribution in [2.24, 2.45) is 11.1 Å². The first-order valence-electron chi connectivity index (χ1n) is 7.98. The van der Waals surface area contributed by atoms with Crippen LogP contribution in [0.25, 0.3) is 0 Å². The second-order valence-corrected chi connectivity index (χ2v) is 7.52. The summed E-state index contributed by atoms with van der Waals surface area (Å²) in [6.45, 7) is 7.09. The summed E-state index contributed by atoms with van der Waals surface area (Å²) in [5.41, 5.74) is 8.41. The summed E-state index contributed by atoms with van der Waals surface area (Å²) < 4.78 is 5.46. The Hall–Kier alpha value is -1.62. The van der Waals surface area contributed by atoms with E-state index in [4.69, 9.17) is 10.5 Å². The van der Waals surface area contributed by atoms with Crippen molar-refractivity contribution in [3.8, 4) is 0 Å². The third kappa shape index (κ3) is 2.70. The monoisotopic (exact) mass is 303 g/mol. The summed E-state index contributed by atoms with van der Waals surface area (Å²) in [6, 6.07) is 4.06. The third-order valence-corrected chi connectivity index (χ3v) is 4.85. The molecule has 1 aliphatic heterocycles. The number of hydrogen-bond acceptors (Lipinski definition) is 4. The zero-order valence-corrected chi connectivity index (χ0v) is 13.6. The molecule has 1 spiro atoms. The zero-order valence-electron chi connectivity index (χ0n) is 13.6. The van der Waals surface area contributed by atoms with Gasteiger partial charge in [-0.1, -0.05) is 6.07 Å². The molecule has 0 unspecified atom stereocenters. The fraction of sp³-hybridized carbons (Fsp3) is 0.647. The van der Waals surface area contributed by atoms with Gasteiger partial charge in [-0.3, -0.25) is 4.98 Å². The van der Waals surface area contributed by atoms with Crippen molar-refractivity contribution in [2.45, 2.75) is 51.7 Å². The largest absolute Gasteiger partial charge is 0.444 e. The number of rotatable bonds is 0. The van der Waals surface area contributed by atoms with Crippen LogP contribution in [0.2, 0.25) is 0 Å². The van der Waals surface area contributed by atoms with Gasteiger partial charge in [-0.2, -0.15) is 0 Å². The lowest BCUT2D eigenvalue weighted by Gasteiger charge is -2.42. The smallest absolute Gasteiger partial charge is 0.410 e. The van der Waals surface area contributed by atoms with Gasteiger partial charge in [0.15, 0.2) is 0 Å². The summed E-state index contributed by atoms with van der Waals surface area (Å²) in [7, 11) is 0. The number of aromatic nitrogens is 1. The van der Waals surface area contributed by atoms with Gasteiger partial charge >= 0.3 is 6.09 Å². The highest BCUT2D eigenvalue weighted by atomic mass is 16.6. The maximum Gasteiger partial charge on any atom is 0.410 e. The highest BCUT2D eigenvalue weighted by Crippen LogP contribution is 2.50. The topological polar surface area (TPSA) is 68.5 Å². The molecule has 5 nitrogen and oxygen atoms in total. The molecule has 1 aromatic heterocycles. The number of piperidine rings is 1. The molecular weight excluding hydrogens is 278 g/mol. The summed E-state index contributed by atoms with van der Waals surface area (Å²) in [6.07, 6.45) is 4.35. The number of nitrogens with zero attached hydrogens (tertiary/aromatic N) is 2. The third-order valence-electron chi connectivity index (χ3n) is 4.85. The van der Waals surface area contributed by atoms with Crippen LogP contribution in [0, 0.1) is 5.41 Å². The second-order valence-electron chi connectivity index (χ2n) is 7.52. The molecule has 0 aromatic carbocycles. The fourth-order valence-corrected chi connectivity index (χ4v) is 3.60. The van der Waals surface area contributed by atoms with Gasteiger partial charge in [0.1, 0.15) is 5.60 Å². The Morgan fingerprint density at radius 3 is 2.68 bits per heavy atom. The predicted octanol–water partition coefficient (Wildman–Crippen LogP) is 2.65. The summed E-state index contributed by atoms with van der Waals surface area (Å²) in [5, 5.41) is 0. The first-order valence-corrected chi connectivity index (χ1v) is 7.98. The van der Waals surface area contributed by atoms with E-state index in [1.54, 1.807) is 4.90 Å². The average molecular weight is 303 g/mol. The van der Waals surface area contributed by atoms with E-state index in [-0.39, 0.29) is 17.6 Å². The van der Waals surface area contributed by atoms with Crippen LogP contribution in [0.5, 0.6) is 0 Å². The van der Waals surface area contributed by atoms with Gasteiger partial charge in [0.25, 0.3) is 0 Å². The number of amides is 1. The lowest BCUT2D eigenvalue weighted by molar-refractivity contribution is 0.00792. The van der Waals surface area contributed by atoms with Crippen LogP contribution in [-0.2, 0) is 11.2 Å². The maximum absolute atomic E-state index is 12.2. The van der Waals surface area contributed by atoms with Crippen LogP contribution in [0.3, 0.4) is 0 Å².